The lowest BCUT2D eigenvalue weighted by molar-refractivity contribution is 0.121. The second-order valence-electron chi connectivity index (χ2n) is 3.54. The average Bonchev–Trinajstić information content (AvgIpc) is 2.98. The SMILES string of the molecule is Nc1n[nH]c(-c2nc(N3CCOCC3)no2)n1. The molecule has 0 aromatic carbocycles. The molecule has 17 heavy (non-hydrogen) atoms. The van der Waals surface area contributed by atoms with Gasteiger partial charge in [0.2, 0.25) is 11.8 Å². The van der Waals surface area contributed by atoms with Crippen molar-refractivity contribution < 1.29 is 9.26 Å². The number of hydrogen-bond donors (Lipinski definition) is 2. The smallest absolute Gasteiger partial charge is 0.296 e. The molecule has 9 heteroatoms. The Hall–Kier alpha value is -2.16. The third kappa shape index (κ3) is 1.91. The molecular formula is C8H11N7O2. The van der Waals surface area contributed by atoms with E-state index in [1.54, 1.807) is 0 Å². The number of nitrogens with two attached hydrogens (primary N) is 1. The fraction of sp³-hybridized carbons (Fsp3) is 0.500. The van der Waals surface area contributed by atoms with Crippen LogP contribution in [-0.4, -0.2) is 51.6 Å². The molecule has 0 unspecified atom stereocenters. The van der Waals surface area contributed by atoms with Crippen molar-refractivity contribution in [1.82, 2.24) is 25.3 Å². The van der Waals surface area contributed by atoms with E-state index >= 15 is 0 Å². The van der Waals surface area contributed by atoms with E-state index in [2.05, 4.69) is 25.3 Å². The molecule has 90 valence electrons. The number of H-pyrrole nitrogens is 1. The van der Waals surface area contributed by atoms with E-state index < -0.39 is 0 Å². The van der Waals surface area contributed by atoms with Gasteiger partial charge in [0.05, 0.1) is 13.2 Å². The van der Waals surface area contributed by atoms with E-state index in [-0.39, 0.29) is 11.8 Å². The van der Waals surface area contributed by atoms with Crippen LogP contribution >= 0.6 is 0 Å². The lowest BCUT2D eigenvalue weighted by Gasteiger charge is -2.24. The molecule has 1 aliphatic heterocycles. The van der Waals surface area contributed by atoms with Crippen molar-refractivity contribution in [3.8, 4) is 11.7 Å². The van der Waals surface area contributed by atoms with Crippen LogP contribution in [0.5, 0.6) is 0 Å². The van der Waals surface area contributed by atoms with Crippen LogP contribution in [0.3, 0.4) is 0 Å². The van der Waals surface area contributed by atoms with Crippen LogP contribution < -0.4 is 10.6 Å². The zero-order valence-corrected chi connectivity index (χ0v) is 8.96. The van der Waals surface area contributed by atoms with Crippen molar-refractivity contribution >= 4 is 11.9 Å². The largest absolute Gasteiger partial charge is 0.378 e. The Bertz CT molecular complexity index is 501. The van der Waals surface area contributed by atoms with Crippen molar-refractivity contribution in [1.29, 1.82) is 0 Å². The minimum absolute atomic E-state index is 0.145. The first-order valence-corrected chi connectivity index (χ1v) is 5.17. The second kappa shape index (κ2) is 4.01. The highest BCUT2D eigenvalue weighted by Gasteiger charge is 2.19. The number of hydrogen-bond acceptors (Lipinski definition) is 8. The summed E-state index contributed by atoms with van der Waals surface area (Å²) in [6, 6.07) is 0. The fourth-order valence-electron chi connectivity index (χ4n) is 1.57. The molecular weight excluding hydrogens is 226 g/mol. The van der Waals surface area contributed by atoms with Crippen LogP contribution in [0.2, 0.25) is 0 Å². The summed E-state index contributed by atoms with van der Waals surface area (Å²) in [7, 11) is 0. The van der Waals surface area contributed by atoms with Gasteiger partial charge in [-0.25, -0.2) is 0 Å². The highest BCUT2D eigenvalue weighted by molar-refractivity contribution is 5.45. The molecule has 0 saturated carbocycles. The van der Waals surface area contributed by atoms with Gasteiger partial charge in [-0.15, -0.1) is 5.10 Å². The molecule has 2 aromatic heterocycles. The summed E-state index contributed by atoms with van der Waals surface area (Å²) in [4.78, 5) is 10.1. The van der Waals surface area contributed by atoms with E-state index in [4.69, 9.17) is 15.0 Å². The fourth-order valence-corrected chi connectivity index (χ4v) is 1.57. The Morgan fingerprint density at radius 1 is 1.24 bits per heavy atom. The lowest BCUT2D eigenvalue weighted by atomic mass is 10.4. The zero-order valence-electron chi connectivity index (χ0n) is 8.96. The summed E-state index contributed by atoms with van der Waals surface area (Å²) in [5.41, 5.74) is 5.40. The number of nitrogens with zero attached hydrogens (tertiary/aromatic N) is 5. The van der Waals surface area contributed by atoms with E-state index in [1.807, 2.05) is 4.90 Å². The molecule has 0 spiro atoms. The molecule has 0 atom stereocenters. The highest BCUT2D eigenvalue weighted by Crippen LogP contribution is 2.17. The Labute approximate surface area is 96.0 Å². The number of aromatic nitrogens is 5. The number of rotatable bonds is 2. The number of anilines is 2. The van der Waals surface area contributed by atoms with E-state index in [0.717, 1.165) is 13.1 Å². The first-order chi connectivity index (χ1) is 8.33. The summed E-state index contributed by atoms with van der Waals surface area (Å²) in [6.45, 7) is 2.83. The molecule has 0 aliphatic carbocycles. The molecule has 3 N–H and O–H groups in total. The standard InChI is InChI=1S/C8H11N7O2/c9-7-10-5(12-13-7)6-11-8(14-17-6)15-1-3-16-4-2-15/h1-4H2,(H3,9,10,12,13). The topological polar surface area (TPSA) is 119 Å². The van der Waals surface area contributed by atoms with Gasteiger partial charge in [-0.3, -0.25) is 5.10 Å². The van der Waals surface area contributed by atoms with Crippen LogP contribution in [0.25, 0.3) is 11.7 Å². The number of nitrogens with one attached hydrogen (secondary N) is 1. The summed E-state index contributed by atoms with van der Waals surface area (Å²) in [6.07, 6.45) is 0. The first kappa shape index (κ1) is 10.0. The Morgan fingerprint density at radius 3 is 2.76 bits per heavy atom. The maximum Gasteiger partial charge on any atom is 0.296 e. The lowest BCUT2D eigenvalue weighted by Crippen LogP contribution is -2.36. The molecule has 1 aliphatic rings. The van der Waals surface area contributed by atoms with E-state index in [1.165, 1.54) is 0 Å². The molecule has 0 bridgehead atoms. The molecule has 1 fully saturated rings. The average molecular weight is 237 g/mol. The second-order valence-corrected chi connectivity index (χ2v) is 3.54. The molecule has 3 heterocycles. The van der Waals surface area contributed by atoms with E-state index in [9.17, 15) is 0 Å². The van der Waals surface area contributed by atoms with Gasteiger partial charge in [-0.2, -0.15) is 9.97 Å². The van der Waals surface area contributed by atoms with Gasteiger partial charge in [-0.1, -0.05) is 0 Å². The van der Waals surface area contributed by atoms with Crippen LogP contribution in [0, 0.1) is 0 Å². The van der Waals surface area contributed by atoms with Crippen molar-refractivity contribution in [2.45, 2.75) is 0 Å². The number of aromatic amines is 1. The third-order valence-corrected chi connectivity index (χ3v) is 2.41. The summed E-state index contributed by atoms with van der Waals surface area (Å²) >= 11 is 0. The molecule has 1 saturated heterocycles. The molecule has 0 amide bonds. The predicted molar refractivity (Wildman–Crippen MR) is 57.1 cm³/mol. The highest BCUT2D eigenvalue weighted by atomic mass is 16.5. The molecule has 0 radical (unpaired) electrons. The normalized spacial score (nSPS) is 16.4. The maximum absolute atomic E-state index is 5.40. The minimum atomic E-state index is 0.145. The number of ether oxygens (including phenoxy) is 1. The van der Waals surface area contributed by atoms with Gasteiger partial charge < -0.3 is 19.9 Å². The Balaban J connectivity index is 1.82. The van der Waals surface area contributed by atoms with Gasteiger partial charge in [0.1, 0.15) is 0 Å². The Morgan fingerprint density at radius 2 is 2.06 bits per heavy atom. The summed E-state index contributed by atoms with van der Waals surface area (Å²) < 4.78 is 10.3. The maximum atomic E-state index is 5.40. The van der Waals surface area contributed by atoms with Crippen molar-refractivity contribution in [2.24, 2.45) is 0 Å². The molecule has 3 rings (SSSR count). The first-order valence-electron chi connectivity index (χ1n) is 5.17. The Kier molecular flexibility index (Phi) is 2.37. The van der Waals surface area contributed by atoms with Crippen molar-refractivity contribution in [3.05, 3.63) is 0 Å². The van der Waals surface area contributed by atoms with Crippen LogP contribution in [-0.2, 0) is 4.74 Å². The van der Waals surface area contributed by atoms with Gasteiger partial charge in [0.25, 0.3) is 11.8 Å². The molecule has 9 nitrogen and oxygen atoms in total. The van der Waals surface area contributed by atoms with E-state index in [0.29, 0.717) is 25.0 Å². The third-order valence-electron chi connectivity index (χ3n) is 2.41. The minimum Gasteiger partial charge on any atom is -0.378 e. The van der Waals surface area contributed by atoms with Crippen molar-refractivity contribution in [2.75, 3.05) is 36.9 Å². The van der Waals surface area contributed by atoms with Gasteiger partial charge in [-0.05, 0) is 5.16 Å². The summed E-state index contributed by atoms with van der Waals surface area (Å²) in [5, 5.41) is 10.2. The van der Waals surface area contributed by atoms with Gasteiger partial charge >= 0.3 is 0 Å². The van der Waals surface area contributed by atoms with Crippen LogP contribution in [0.1, 0.15) is 0 Å². The number of nitrogen functional groups attached to an aromatic ring is 1. The van der Waals surface area contributed by atoms with Gasteiger partial charge in [0, 0.05) is 13.1 Å². The predicted octanol–water partition coefficient (Wildman–Crippen LogP) is -0.727. The zero-order chi connectivity index (χ0) is 11.7. The van der Waals surface area contributed by atoms with Gasteiger partial charge in [0.15, 0.2) is 0 Å². The molecule has 2 aromatic rings. The summed E-state index contributed by atoms with van der Waals surface area (Å²) in [5.74, 6) is 1.31. The van der Waals surface area contributed by atoms with Crippen molar-refractivity contribution in [3.63, 3.8) is 0 Å². The quantitative estimate of drug-likeness (QED) is 0.701. The van der Waals surface area contributed by atoms with Crippen LogP contribution in [0.15, 0.2) is 4.52 Å². The number of morpholine rings is 1. The monoisotopic (exact) mass is 237 g/mol. The van der Waals surface area contributed by atoms with Crippen LogP contribution in [0.4, 0.5) is 11.9 Å².